The average Bonchev–Trinajstić information content (AvgIpc) is 2.76. The molecule has 92 valence electrons. The highest BCUT2D eigenvalue weighted by Gasteiger charge is 2.31. The number of fused-ring (bicyclic) bond motifs is 1. The second-order valence-corrected chi connectivity index (χ2v) is 6.05. The Hall–Kier alpha value is -0.670. The number of hydrogen-bond acceptors (Lipinski definition) is 3. The van der Waals surface area contributed by atoms with Crippen molar-refractivity contribution in [3.63, 3.8) is 0 Å². The highest BCUT2D eigenvalue weighted by molar-refractivity contribution is 7.99. The minimum Gasteiger partial charge on any atom is -0.493 e. The maximum absolute atomic E-state index is 9.92. The molecule has 0 aliphatic carbocycles. The quantitative estimate of drug-likeness (QED) is 0.875. The van der Waals surface area contributed by atoms with Gasteiger partial charge in [0.2, 0.25) is 0 Å². The third-order valence-corrected chi connectivity index (χ3v) is 5.08. The first-order valence-electron chi connectivity index (χ1n) is 6.32. The van der Waals surface area contributed by atoms with Crippen molar-refractivity contribution >= 4 is 11.8 Å². The van der Waals surface area contributed by atoms with Crippen LogP contribution in [0.5, 0.6) is 5.75 Å². The maximum Gasteiger partial charge on any atom is 0.122 e. The molecular formula is C14H18O2S. The lowest BCUT2D eigenvalue weighted by Gasteiger charge is -2.28. The van der Waals surface area contributed by atoms with E-state index in [9.17, 15) is 5.11 Å². The molecule has 1 aromatic carbocycles. The van der Waals surface area contributed by atoms with Crippen molar-refractivity contribution in [2.24, 2.45) is 5.92 Å². The third kappa shape index (κ3) is 2.31. The first-order valence-corrected chi connectivity index (χ1v) is 7.47. The van der Waals surface area contributed by atoms with Crippen LogP contribution in [0.15, 0.2) is 24.3 Å². The van der Waals surface area contributed by atoms with Gasteiger partial charge in [0.1, 0.15) is 5.75 Å². The zero-order valence-electron chi connectivity index (χ0n) is 9.84. The van der Waals surface area contributed by atoms with Gasteiger partial charge in [-0.2, -0.15) is 11.8 Å². The van der Waals surface area contributed by atoms with Crippen LogP contribution < -0.4 is 4.74 Å². The molecule has 0 amide bonds. The second-order valence-electron chi connectivity index (χ2n) is 4.97. The Morgan fingerprint density at radius 3 is 3.00 bits per heavy atom. The fraction of sp³-hybridized carbons (Fsp3) is 0.571. The topological polar surface area (TPSA) is 29.5 Å². The van der Waals surface area contributed by atoms with Crippen molar-refractivity contribution in [3.05, 3.63) is 29.8 Å². The molecule has 2 aliphatic heterocycles. The fourth-order valence-corrected chi connectivity index (χ4v) is 4.15. The Morgan fingerprint density at radius 2 is 2.18 bits per heavy atom. The predicted octanol–water partition coefficient (Wildman–Crippen LogP) is 2.67. The van der Waals surface area contributed by atoms with Gasteiger partial charge in [0.05, 0.1) is 12.7 Å². The van der Waals surface area contributed by atoms with E-state index < -0.39 is 0 Å². The van der Waals surface area contributed by atoms with Gasteiger partial charge in [-0.05, 0) is 42.1 Å². The van der Waals surface area contributed by atoms with E-state index in [-0.39, 0.29) is 6.10 Å². The van der Waals surface area contributed by atoms with Gasteiger partial charge in [-0.3, -0.25) is 0 Å². The Morgan fingerprint density at radius 1 is 1.29 bits per heavy atom. The van der Waals surface area contributed by atoms with Gasteiger partial charge in [-0.25, -0.2) is 0 Å². The van der Waals surface area contributed by atoms with E-state index in [4.69, 9.17) is 4.74 Å². The molecule has 2 nitrogen and oxygen atoms in total. The van der Waals surface area contributed by atoms with Crippen molar-refractivity contribution < 1.29 is 9.84 Å². The van der Waals surface area contributed by atoms with E-state index >= 15 is 0 Å². The summed E-state index contributed by atoms with van der Waals surface area (Å²) in [5.74, 6) is 4.11. The highest BCUT2D eigenvalue weighted by Crippen LogP contribution is 2.40. The van der Waals surface area contributed by atoms with Crippen LogP contribution in [0.4, 0.5) is 0 Å². The molecule has 3 heteroatoms. The molecule has 1 fully saturated rings. The molecule has 2 heterocycles. The summed E-state index contributed by atoms with van der Waals surface area (Å²) in [5, 5.41) is 9.92. The molecule has 17 heavy (non-hydrogen) atoms. The lowest BCUT2D eigenvalue weighted by molar-refractivity contribution is 0.134. The smallest absolute Gasteiger partial charge is 0.122 e. The van der Waals surface area contributed by atoms with Crippen molar-refractivity contribution in [2.45, 2.75) is 24.9 Å². The van der Waals surface area contributed by atoms with E-state index in [1.165, 1.54) is 5.56 Å². The number of aliphatic hydroxyl groups is 1. The SMILES string of the molecule is OC1CSCC1CC1CCOc2ccccc21. The van der Waals surface area contributed by atoms with E-state index in [1.54, 1.807) is 0 Å². The van der Waals surface area contributed by atoms with Crippen LogP contribution in [0.2, 0.25) is 0 Å². The molecule has 3 rings (SSSR count). The Bertz CT molecular complexity index is 394. The van der Waals surface area contributed by atoms with Crippen LogP contribution in [-0.4, -0.2) is 29.3 Å². The summed E-state index contributed by atoms with van der Waals surface area (Å²) in [5.41, 5.74) is 1.34. The molecule has 3 atom stereocenters. The summed E-state index contributed by atoms with van der Waals surface area (Å²) >= 11 is 1.88. The van der Waals surface area contributed by atoms with Crippen LogP contribution in [0.3, 0.4) is 0 Å². The van der Waals surface area contributed by atoms with Gasteiger partial charge in [-0.1, -0.05) is 18.2 Å². The number of thioether (sulfide) groups is 1. The largest absolute Gasteiger partial charge is 0.493 e. The number of aliphatic hydroxyl groups excluding tert-OH is 1. The summed E-state index contributed by atoms with van der Waals surface area (Å²) in [4.78, 5) is 0. The lowest BCUT2D eigenvalue weighted by atomic mass is 9.84. The van der Waals surface area contributed by atoms with Crippen LogP contribution in [0, 0.1) is 5.92 Å². The zero-order valence-corrected chi connectivity index (χ0v) is 10.7. The Labute approximate surface area is 106 Å². The molecule has 0 spiro atoms. The fourth-order valence-electron chi connectivity index (χ4n) is 2.84. The number of rotatable bonds is 2. The monoisotopic (exact) mass is 250 g/mol. The molecule has 1 aromatic rings. The predicted molar refractivity (Wildman–Crippen MR) is 70.7 cm³/mol. The Kier molecular flexibility index (Phi) is 3.30. The summed E-state index contributed by atoms with van der Waals surface area (Å²) in [6, 6.07) is 8.34. The van der Waals surface area contributed by atoms with Crippen molar-refractivity contribution in [1.29, 1.82) is 0 Å². The molecule has 0 saturated carbocycles. The molecule has 2 aliphatic rings. The van der Waals surface area contributed by atoms with Crippen LogP contribution >= 0.6 is 11.8 Å². The molecule has 0 aromatic heterocycles. The molecule has 0 bridgehead atoms. The summed E-state index contributed by atoms with van der Waals surface area (Å²) in [7, 11) is 0. The Balaban J connectivity index is 1.76. The van der Waals surface area contributed by atoms with Crippen LogP contribution in [0.25, 0.3) is 0 Å². The number of benzene rings is 1. The third-order valence-electron chi connectivity index (χ3n) is 3.83. The van der Waals surface area contributed by atoms with Crippen LogP contribution in [-0.2, 0) is 0 Å². The number of para-hydroxylation sites is 1. The first kappa shape index (κ1) is 11.4. The van der Waals surface area contributed by atoms with Crippen LogP contribution in [0.1, 0.15) is 24.3 Å². The van der Waals surface area contributed by atoms with Gasteiger partial charge in [0.25, 0.3) is 0 Å². The van der Waals surface area contributed by atoms with Crippen molar-refractivity contribution in [2.75, 3.05) is 18.1 Å². The van der Waals surface area contributed by atoms with Gasteiger partial charge in [0.15, 0.2) is 0 Å². The molecule has 3 unspecified atom stereocenters. The zero-order chi connectivity index (χ0) is 11.7. The highest BCUT2D eigenvalue weighted by atomic mass is 32.2. The minimum atomic E-state index is -0.102. The number of ether oxygens (including phenoxy) is 1. The van der Waals surface area contributed by atoms with E-state index in [0.717, 1.165) is 36.7 Å². The van der Waals surface area contributed by atoms with Gasteiger partial charge in [-0.15, -0.1) is 0 Å². The molecule has 1 N–H and O–H groups in total. The number of hydrogen-bond donors (Lipinski definition) is 1. The normalized spacial score (nSPS) is 31.9. The summed E-state index contributed by atoms with van der Waals surface area (Å²) in [6.45, 7) is 0.817. The first-order chi connectivity index (χ1) is 8.34. The standard InChI is InChI=1S/C14H18O2S/c15-13-9-17-8-11(13)7-10-5-6-16-14-4-2-1-3-12(10)14/h1-4,10-11,13,15H,5-9H2. The molecule has 0 radical (unpaired) electrons. The minimum absolute atomic E-state index is 0.102. The van der Waals surface area contributed by atoms with Gasteiger partial charge >= 0.3 is 0 Å². The lowest BCUT2D eigenvalue weighted by Crippen LogP contribution is -2.23. The molecule has 1 saturated heterocycles. The van der Waals surface area contributed by atoms with Gasteiger partial charge < -0.3 is 9.84 Å². The second kappa shape index (κ2) is 4.91. The average molecular weight is 250 g/mol. The van der Waals surface area contributed by atoms with Gasteiger partial charge in [0, 0.05) is 5.75 Å². The summed E-state index contributed by atoms with van der Waals surface area (Å²) in [6.07, 6.45) is 2.09. The van der Waals surface area contributed by atoms with E-state index in [0.29, 0.717) is 11.8 Å². The molecular weight excluding hydrogens is 232 g/mol. The summed E-state index contributed by atoms with van der Waals surface area (Å²) < 4.78 is 5.68. The van der Waals surface area contributed by atoms with E-state index in [1.807, 2.05) is 17.8 Å². The maximum atomic E-state index is 9.92. The van der Waals surface area contributed by atoms with Crippen molar-refractivity contribution in [1.82, 2.24) is 0 Å². The van der Waals surface area contributed by atoms with E-state index in [2.05, 4.69) is 18.2 Å². The van der Waals surface area contributed by atoms with Crippen molar-refractivity contribution in [3.8, 4) is 5.75 Å².